The lowest BCUT2D eigenvalue weighted by Gasteiger charge is -2.55. The Kier molecular flexibility index (Phi) is 12.5. The number of piperidine rings is 2. The number of hydrogen-bond acceptors (Lipinski definition) is 12. The van der Waals surface area contributed by atoms with E-state index in [1.807, 2.05) is 11.8 Å². The molecule has 1 unspecified atom stereocenters. The van der Waals surface area contributed by atoms with Crippen LogP contribution in [0, 0.1) is 23.0 Å². The largest absolute Gasteiger partial charge is 0.495 e. The number of carbonyl (C=O) groups is 4. The van der Waals surface area contributed by atoms with Crippen LogP contribution in [-0.2, 0) is 14.4 Å². The number of hydrogen-bond donors (Lipinski definition) is 4. The number of likely N-dealkylation sites (tertiary alicyclic amines) is 1. The molecule has 0 bridgehead atoms. The summed E-state index contributed by atoms with van der Waals surface area (Å²) in [5.74, 6) is -1.84. The number of benzene rings is 2. The zero-order valence-corrected chi connectivity index (χ0v) is 37.6. The first-order valence-corrected chi connectivity index (χ1v) is 23.4. The first-order valence-electron chi connectivity index (χ1n) is 23.4. The van der Waals surface area contributed by atoms with Crippen molar-refractivity contribution in [3.63, 3.8) is 0 Å². The molecule has 2 saturated carbocycles. The van der Waals surface area contributed by atoms with E-state index in [4.69, 9.17) is 9.72 Å². The smallest absolute Gasteiger partial charge is 0.251 e. The molecule has 4 aliphatic heterocycles. The Balaban J connectivity index is 0.793. The third-order valence-electron chi connectivity index (χ3n) is 15.2. The van der Waals surface area contributed by atoms with E-state index in [-0.39, 0.29) is 54.3 Å². The van der Waals surface area contributed by atoms with Gasteiger partial charge in [0.1, 0.15) is 29.1 Å². The number of halogens is 2. The van der Waals surface area contributed by atoms with Crippen LogP contribution in [0.2, 0.25) is 0 Å². The minimum atomic E-state index is -1.02. The van der Waals surface area contributed by atoms with Crippen molar-refractivity contribution in [3.05, 3.63) is 59.3 Å². The third kappa shape index (κ3) is 8.73. The molecule has 17 heteroatoms. The number of anilines is 5. The lowest BCUT2D eigenvalue weighted by molar-refractivity contribution is -0.134. The highest BCUT2D eigenvalue weighted by Crippen LogP contribution is 2.55. The Morgan fingerprint density at radius 2 is 1.75 bits per heavy atom. The van der Waals surface area contributed by atoms with Gasteiger partial charge in [-0.15, -0.1) is 0 Å². The van der Waals surface area contributed by atoms with Crippen molar-refractivity contribution < 1.29 is 37.8 Å². The van der Waals surface area contributed by atoms with Crippen LogP contribution >= 0.6 is 0 Å². The van der Waals surface area contributed by atoms with Gasteiger partial charge < -0.3 is 40.1 Å². The molecule has 6 aliphatic rings. The Labute approximate surface area is 378 Å². The predicted octanol–water partition coefficient (Wildman–Crippen LogP) is 5.78. The lowest BCUT2D eigenvalue weighted by atomic mass is 9.55. The third-order valence-corrected chi connectivity index (χ3v) is 15.2. The number of rotatable bonds is 13. The summed E-state index contributed by atoms with van der Waals surface area (Å²) in [4.78, 5) is 69.0. The molecule has 1 aromatic heterocycles. The van der Waals surface area contributed by atoms with Gasteiger partial charge in [0, 0.05) is 74.6 Å². The van der Waals surface area contributed by atoms with E-state index in [9.17, 15) is 24.3 Å². The molecule has 2 aromatic carbocycles. The molecular formula is C48H61F2N9O6. The number of likely N-dealkylation sites (N-methyl/N-ethyl adjacent to an activating group) is 1. The van der Waals surface area contributed by atoms with Gasteiger partial charge in [-0.05, 0) is 112 Å². The quantitative estimate of drug-likeness (QED) is 0.153. The van der Waals surface area contributed by atoms with Gasteiger partial charge in [-0.1, -0.05) is 19.8 Å². The average Bonchev–Trinajstić information content (AvgIpc) is 3.96. The Hall–Kier alpha value is -5.42. The molecule has 348 valence electrons. The SMILES string of the molecule is CC[C@@H]1C(=O)N(C)c2cnc(Nc3ccc(C(=O)NC4(CCO)CC5(CCN(CC6CCN(c7cc(F)c(C8CCC(=O)NC8=O)c(F)c7)CC6)C5)C4)cc3OC)nc2N1C1CCCC1. The predicted molar refractivity (Wildman–Crippen MR) is 242 cm³/mol. The fraction of sp³-hybridized carbons (Fsp3) is 0.583. The van der Waals surface area contributed by atoms with Gasteiger partial charge in [0.2, 0.25) is 23.7 Å². The van der Waals surface area contributed by atoms with Crippen LogP contribution in [-0.4, -0.2) is 115 Å². The molecule has 9 rings (SSSR count). The van der Waals surface area contributed by atoms with Crippen molar-refractivity contribution in [1.82, 2.24) is 25.5 Å². The maximum Gasteiger partial charge on any atom is 0.251 e. The van der Waals surface area contributed by atoms with E-state index in [2.05, 4.69) is 30.7 Å². The van der Waals surface area contributed by atoms with Crippen molar-refractivity contribution in [2.75, 3.05) is 73.5 Å². The van der Waals surface area contributed by atoms with Gasteiger partial charge in [0.25, 0.3) is 5.91 Å². The van der Waals surface area contributed by atoms with E-state index in [0.29, 0.717) is 66.2 Å². The summed E-state index contributed by atoms with van der Waals surface area (Å²) >= 11 is 0. The molecule has 4 amide bonds. The number of aromatic nitrogens is 2. The van der Waals surface area contributed by atoms with Gasteiger partial charge in [0.15, 0.2) is 5.82 Å². The summed E-state index contributed by atoms with van der Waals surface area (Å²) in [6.45, 7) is 6.11. The molecule has 3 saturated heterocycles. The van der Waals surface area contributed by atoms with Crippen LogP contribution in [0.3, 0.4) is 0 Å². The molecule has 3 aromatic rings. The molecule has 0 radical (unpaired) electrons. The monoisotopic (exact) mass is 897 g/mol. The van der Waals surface area contributed by atoms with Crippen LogP contribution in [0.5, 0.6) is 5.75 Å². The average molecular weight is 898 g/mol. The highest BCUT2D eigenvalue weighted by Gasteiger charge is 2.57. The number of methoxy groups -OCH3 is 1. The highest BCUT2D eigenvalue weighted by molar-refractivity contribution is 6.04. The number of fused-ring (bicyclic) bond motifs is 1. The van der Waals surface area contributed by atoms with E-state index < -0.39 is 34.9 Å². The Morgan fingerprint density at radius 1 is 1.02 bits per heavy atom. The first-order chi connectivity index (χ1) is 31.3. The number of nitrogens with one attached hydrogen (secondary N) is 3. The normalized spacial score (nSPS) is 26.4. The van der Waals surface area contributed by atoms with E-state index in [1.54, 1.807) is 43.5 Å². The van der Waals surface area contributed by atoms with Crippen LogP contribution in [0.4, 0.5) is 37.6 Å². The maximum atomic E-state index is 15.3. The van der Waals surface area contributed by atoms with Gasteiger partial charge in [-0.25, -0.2) is 13.8 Å². The highest BCUT2D eigenvalue weighted by atomic mass is 19.1. The minimum Gasteiger partial charge on any atom is -0.495 e. The zero-order valence-electron chi connectivity index (χ0n) is 37.6. The molecule has 2 atom stereocenters. The second-order valence-electron chi connectivity index (χ2n) is 19.4. The zero-order chi connectivity index (χ0) is 45.6. The maximum absolute atomic E-state index is 15.3. The molecule has 15 nitrogen and oxygen atoms in total. The number of ether oxygens (including phenoxy) is 1. The van der Waals surface area contributed by atoms with Crippen molar-refractivity contribution in [2.24, 2.45) is 11.3 Å². The van der Waals surface area contributed by atoms with Crippen LogP contribution in [0.1, 0.15) is 112 Å². The summed E-state index contributed by atoms with van der Waals surface area (Å²) in [6.07, 6.45) is 11.6. The summed E-state index contributed by atoms with van der Waals surface area (Å²) in [5, 5.41) is 18.9. The number of aliphatic hydroxyl groups excluding tert-OH is 1. The number of imide groups is 1. The van der Waals surface area contributed by atoms with Crippen molar-refractivity contribution >= 4 is 52.5 Å². The second-order valence-corrected chi connectivity index (χ2v) is 19.4. The standard InChI is InChI=1S/C48H61F2N9O6/c1-4-37-45(64)56(2)38-24-51-46(54-42(38)59(37)31-7-5-6-8-31)52-36-11-9-30(21-39(36)65-3)43(62)55-48(16-20-60)26-47(27-48)15-19-57(28-47)25-29-13-17-58(18-14-29)32-22-34(49)41(35(50)23-32)33-10-12-40(61)53-44(33)63/h9,11,21-24,29,31,33,37,60H,4-8,10,12-20,25-28H2,1-3H3,(H,55,62)(H,51,52,54)(H,53,61,63)/t33?,37-,47?,48?/m1/s1. The number of nitrogens with zero attached hydrogens (tertiary/aromatic N) is 6. The number of carbonyl (C=O) groups excluding carboxylic acids is 4. The van der Waals surface area contributed by atoms with E-state index in [1.165, 1.54) is 12.1 Å². The molecule has 4 N–H and O–H groups in total. The van der Waals surface area contributed by atoms with E-state index in [0.717, 1.165) is 83.2 Å². The summed E-state index contributed by atoms with van der Waals surface area (Å²) in [6, 6.07) is 7.81. The Morgan fingerprint density at radius 3 is 2.43 bits per heavy atom. The summed E-state index contributed by atoms with van der Waals surface area (Å²) < 4.78 is 36.3. The first kappa shape index (κ1) is 44.8. The molecule has 5 heterocycles. The van der Waals surface area contributed by atoms with Crippen molar-refractivity contribution in [3.8, 4) is 5.75 Å². The fourth-order valence-electron chi connectivity index (χ4n) is 12.0. The van der Waals surface area contributed by atoms with Crippen LogP contribution in [0.25, 0.3) is 0 Å². The molecular weight excluding hydrogens is 837 g/mol. The summed E-state index contributed by atoms with van der Waals surface area (Å²) in [7, 11) is 3.33. The van der Waals surface area contributed by atoms with Crippen molar-refractivity contribution in [2.45, 2.75) is 114 Å². The molecule has 65 heavy (non-hydrogen) atoms. The lowest BCUT2D eigenvalue weighted by Crippen LogP contribution is -2.63. The number of aliphatic hydroxyl groups is 1. The fourth-order valence-corrected chi connectivity index (χ4v) is 12.0. The van der Waals surface area contributed by atoms with E-state index >= 15 is 8.78 Å². The molecule has 5 fully saturated rings. The minimum absolute atomic E-state index is 0.0415. The van der Waals surface area contributed by atoms with Gasteiger partial charge in [0.05, 0.1) is 24.9 Å². The molecule has 1 spiro atoms. The van der Waals surface area contributed by atoms with Gasteiger partial charge >= 0.3 is 0 Å². The van der Waals surface area contributed by atoms with Crippen molar-refractivity contribution in [1.29, 1.82) is 0 Å². The van der Waals surface area contributed by atoms with Crippen LogP contribution in [0.15, 0.2) is 36.5 Å². The Bertz CT molecular complexity index is 2310. The second kappa shape index (κ2) is 18.1. The van der Waals surface area contributed by atoms with Crippen LogP contribution < -0.4 is 35.4 Å². The number of amides is 4. The topological polar surface area (TPSA) is 173 Å². The summed E-state index contributed by atoms with van der Waals surface area (Å²) in [5.41, 5.74) is 1.42. The van der Waals surface area contributed by atoms with Gasteiger partial charge in [-0.3, -0.25) is 24.5 Å². The molecule has 2 aliphatic carbocycles. The van der Waals surface area contributed by atoms with Gasteiger partial charge in [-0.2, -0.15) is 4.98 Å².